The highest BCUT2D eigenvalue weighted by molar-refractivity contribution is 6.30. The summed E-state index contributed by atoms with van der Waals surface area (Å²) in [5.74, 6) is 0. The van der Waals surface area contributed by atoms with Crippen LogP contribution < -0.4 is 0 Å². The molecule has 1 aromatic carbocycles. The van der Waals surface area contributed by atoms with E-state index in [1.807, 2.05) is 6.07 Å². The van der Waals surface area contributed by atoms with Crippen molar-refractivity contribution >= 4 is 11.6 Å². The maximum absolute atomic E-state index is 6.10. The third kappa shape index (κ3) is 3.27. The zero-order valence-electron chi connectivity index (χ0n) is 11.5. The molecule has 1 fully saturated rings. The second kappa shape index (κ2) is 6.58. The molecule has 0 saturated heterocycles. The van der Waals surface area contributed by atoms with Crippen LogP contribution in [0.4, 0.5) is 0 Å². The van der Waals surface area contributed by atoms with E-state index in [9.17, 15) is 0 Å². The molecule has 18 heavy (non-hydrogen) atoms. The Morgan fingerprint density at radius 2 is 2.00 bits per heavy atom. The van der Waals surface area contributed by atoms with E-state index in [1.54, 1.807) is 0 Å². The predicted molar refractivity (Wildman–Crippen MR) is 79.1 cm³/mol. The highest BCUT2D eigenvalue weighted by atomic mass is 35.5. The molecular weight excluding hydrogens is 242 g/mol. The van der Waals surface area contributed by atoms with Gasteiger partial charge in [0.15, 0.2) is 0 Å². The van der Waals surface area contributed by atoms with Crippen LogP contribution in [0.25, 0.3) is 0 Å². The van der Waals surface area contributed by atoms with Crippen molar-refractivity contribution < 1.29 is 0 Å². The minimum Gasteiger partial charge on any atom is -0.294 e. The highest BCUT2D eigenvalue weighted by Gasteiger charge is 2.24. The smallest absolute Gasteiger partial charge is 0.0409 e. The van der Waals surface area contributed by atoms with Crippen molar-refractivity contribution in [3.63, 3.8) is 0 Å². The third-order valence-electron chi connectivity index (χ3n) is 4.24. The number of rotatable bonds is 4. The quantitative estimate of drug-likeness (QED) is 0.736. The summed E-state index contributed by atoms with van der Waals surface area (Å²) in [4.78, 5) is 2.64. The Hall–Kier alpha value is -0.530. The molecule has 1 atom stereocenters. The molecule has 1 saturated carbocycles. The fourth-order valence-corrected chi connectivity index (χ4v) is 3.42. The number of hydrogen-bond donors (Lipinski definition) is 0. The van der Waals surface area contributed by atoms with Crippen LogP contribution in [0.3, 0.4) is 0 Å². The van der Waals surface area contributed by atoms with Crippen molar-refractivity contribution in [2.45, 2.75) is 58.0 Å². The standard InChI is InChI=1S/C16H24ClN/c1-3-18(16-10-5-4-6-11-16)13(2)14-8-7-9-15(17)12-14/h7-9,12-13,16H,3-6,10-11H2,1-2H3. The van der Waals surface area contributed by atoms with Gasteiger partial charge in [-0.05, 0) is 44.0 Å². The van der Waals surface area contributed by atoms with Crippen molar-refractivity contribution in [2.24, 2.45) is 0 Å². The van der Waals surface area contributed by atoms with Crippen molar-refractivity contribution in [2.75, 3.05) is 6.54 Å². The first-order valence-corrected chi connectivity index (χ1v) is 7.61. The van der Waals surface area contributed by atoms with Gasteiger partial charge >= 0.3 is 0 Å². The zero-order valence-corrected chi connectivity index (χ0v) is 12.3. The fraction of sp³-hybridized carbons (Fsp3) is 0.625. The van der Waals surface area contributed by atoms with Gasteiger partial charge in [0.25, 0.3) is 0 Å². The van der Waals surface area contributed by atoms with E-state index in [1.165, 1.54) is 37.7 Å². The Morgan fingerprint density at radius 1 is 1.28 bits per heavy atom. The second-order valence-corrected chi connectivity index (χ2v) is 5.79. The van der Waals surface area contributed by atoms with E-state index in [4.69, 9.17) is 11.6 Å². The summed E-state index contributed by atoms with van der Waals surface area (Å²) in [6.07, 6.45) is 6.92. The average Bonchev–Trinajstić information content (AvgIpc) is 2.41. The minimum atomic E-state index is 0.469. The van der Waals surface area contributed by atoms with E-state index in [2.05, 4.69) is 36.9 Å². The van der Waals surface area contributed by atoms with Gasteiger partial charge in [-0.3, -0.25) is 4.90 Å². The molecule has 0 spiro atoms. The first-order valence-electron chi connectivity index (χ1n) is 7.23. The lowest BCUT2D eigenvalue weighted by atomic mass is 9.92. The lowest BCUT2D eigenvalue weighted by Crippen LogP contribution is -2.38. The Balaban J connectivity index is 2.11. The summed E-state index contributed by atoms with van der Waals surface area (Å²) < 4.78 is 0. The van der Waals surface area contributed by atoms with Crippen LogP contribution in [-0.4, -0.2) is 17.5 Å². The molecule has 1 nitrogen and oxygen atoms in total. The molecule has 1 unspecified atom stereocenters. The molecule has 1 aliphatic carbocycles. The summed E-state index contributed by atoms with van der Waals surface area (Å²) in [5.41, 5.74) is 1.34. The van der Waals surface area contributed by atoms with E-state index in [0.717, 1.165) is 17.6 Å². The molecule has 0 amide bonds. The first kappa shape index (κ1) is 13.9. The highest BCUT2D eigenvalue weighted by Crippen LogP contribution is 2.30. The molecule has 2 rings (SSSR count). The van der Waals surface area contributed by atoms with Crippen LogP contribution in [0, 0.1) is 0 Å². The van der Waals surface area contributed by atoms with Gasteiger partial charge in [-0.1, -0.05) is 49.9 Å². The molecule has 1 aromatic rings. The molecule has 0 bridgehead atoms. The van der Waals surface area contributed by atoms with Gasteiger partial charge in [-0.15, -0.1) is 0 Å². The molecule has 0 aliphatic heterocycles. The summed E-state index contributed by atoms with van der Waals surface area (Å²) in [6, 6.07) is 9.55. The summed E-state index contributed by atoms with van der Waals surface area (Å²) in [7, 11) is 0. The van der Waals surface area contributed by atoms with Crippen molar-refractivity contribution in [1.29, 1.82) is 0 Å². The van der Waals surface area contributed by atoms with Crippen LogP contribution in [0.15, 0.2) is 24.3 Å². The minimum absolute atomic E-state index is 0.469. The van der Waals surface area contributed by atoms with Crippen molar-refractivity contribution in [3.05, 3.63) is 34.9 Å². The number of benzene rings is 1. The molecule has 0 aromatic heterocycles. The number of hydrogen-bond acceptors (Lipinski definition) is 1. The summed E-state index contributed by atoms with van der Waals surface area (Å²) >= 11 is 6.10. The van der Waals surface area contributed by atoms with Gasteiger partial charge in [-0.25, -0.2) is 0 Å². The molecule has 2 heteroatoms. The Bertz CT molecular complexity index is 371. The molecule has 0 N–H and O–H groups in total. The first-order chi connectivity index (χ1) is 8.72. The van der Waals surface area contributed by atoms with Gasteiger partial charge in [0.2, 0.25) is 0 Å². The van der Waals surface area contributed by atoms with Gasteiger partial charge in [0, 0.05) is 17.1 Å². The lowest BCUT2D eigenvalue weighted by molar-refractivity contribution is 0.119. The largest absolute Gasteiger partial charge is 0.294 e. The van der Waals surface area contributed by atoms with E-state index < -0.39 is 0 Å². The topological polar surface area (TPSA) is 3.24 Å². The Morgan fingerprint density at radius 3 is 2.61 bits per heavy atom. The van der Waals surface area contributed by atoms with E-state index in [0.29, 0.717) is 6.04 Å². The van der Waals surface area contributed by atoms with Gasteiger partial charge in [-0.2, -0.15) is 0 Å². The van der Waals surface area contributed by atoms with Crippen LogP contribution in [-0.2, 0) is 0 Å². The molecular formula is C16H24ClN. The molecule has 100 valence electrons. The van der Waals surface area contributed by atoms with Crippen LogP contribution >= 0.6 is 11.6 Å². The number of nitrogens with zero attached hydrogens (tertiary/aromatic N) is 1. The third-order valence-corrected chi connectivity index (χ3v) is 4.47. The van der Waals surface area contributed by atoms with E-state index in [-0.39, 0.29) is 0 Å². The molecule has 1 aliphatic rings. The number of halogens is 1. The predicted octanol–water partition coefficient (Wildman–Crippen LogP) is 5.06. The van der Waals surface area contributed by atoms with Gasteiger partial charge in [0.1, 0.15) is 0 Å². The zero-order chi connectivity index (χ0) is 13.0. The van der Waals surface area contributed by atoms with Gasteiger partial charge in [0.05, 0.1) is 0 Å². The van der Waals surface area contributed by atoms with Crippen molar-refractivity contribution in [1.82, 2.24) is 4.90 Å². The monoisotopic (exact) mass is 265 g/mol. The SMILES string of the molecule is CCN(C1CCCCC1)C(C)c1cccc(Cl)c1. The van der Waals surface area contributed by atoms with Crippen LogP contribution in [0.2, 0.25) is 5.02 Å². The maximum atomic E-state index is 6.10. The van der Waals surface area contributed by atoms with E-state index >= 15 is 0 Å². The maximum Gasteiger partial charge on any atom is 0.0409 e. The van der Waals surface area contributed by atoms with Crippen molar-refractivity contribution in [3.8, 4) is 0 Å². The molecule has 0 heterocycles. The summed E-state index contributed by atoms with van der Waals surface area (Å²) in [6.45, 7) is 5.71. The van der Waals surface area contributed by atoms with Gasteiger partial charge < -0.3 is 0 Å². The lowest BCUT2D eigenvalue weighted by Gasteiger charge is -2.38. The second-order valence-electron chi connectivity index (χ2n) is 5.35. The molecule has 0 radical (unpaired) electrons. The fourth-order valence-electron chi connectivity index (χ4n) is 3.22. The van der Waals surface area contributed by atoms with Crippen LogP contribution in [0.1, 0.15) is 57.6 Å². The van der Waals surface area contributed by atoms with Crippen LogP contribution in [0.5, 0.6) is 0 Å². The Labute approximate surface area is 116 Å². The average molecular weight is 266 g/mol. The summed E-state index contributed by atoms with van der Waals surface area (Å²) in [5, 5.41) is 0.846. The normalized spacial score (nSPS) is 19.1. The Kier molecular flexibility index (Phi) is 5.08.